The molecule has 3 heterocycles. The van der Waals surface area contributed by atoms with E-state index in [9.17, 15) is 14.4 Å². The number of carbonyl (C=O) groups excluding carboxylic acids is 3. The summed E-state index contributed by atoms with van der Waals surface area (Å²) in [6.45, 7) is 3.80. The highest BCUT2D eigenvalue weighted by molar-refractivity contribution is 6.42. The minimum absolute atomic E-state index is 0.0943. The lowest BCUT2D eigenvalue weighted by Crippen LogP contribution is -2.57. The molecule has 0 aliphatic carbocycles. The van der Waals surface area contributed by atoms with Crippen molar-refractivity contribution in [1.29, 1.82) is 0 Å². The number of hydrogen-bond acceptors (Lipinski definition) is 9. The number of halogens is 2. The molecule has 0 saturated carbocycles. The predicted octanol–water partition coefficient (Wildman–Crippen LogP) is 5.90. The van der Waals surface area contributed by atoms with Gasteiger partial charge in [0.2, 0.25) is 11.7 Å². The molecular formula is C40H48Cl2N4O7. The van der Waals surface area contributed by atoms with Gasteiger partial charge in [-0.1, -0.05) is 59.6 Å². The van der Waals surface area contributed by atoms with E-state index in [1.165, 1.54) is 28.4 Å². The molecule has 3 aromatic rings. The molecule has 13 heteroatoms. The summed E-state index contributed by atoms with van der Waals surface area (Å²) in [6.07, 6.45) is 4.19. The first kappa shape index (κ1) is 38.7. The molecule has 284 valence electrons. The second-order valence-electron chi connectivity index (χ2n) is 14.2. The summed E-state index contributed by atoms with van der Waals surface area (Å²) >= 11 is 12.9. The van der Waals surface area contributed by atoms with Crippen molar-refractivity contribution < 1.29 is 33.3 Å². The molecule has 1 N–H and O–H groups in total. The molecule has 6 rings (SSSR count). The highest BCUT2D eigenvalue weighted by Gasteiger charge is 2.46. The van der Waals surface area contributed by atoms with Gasteiger partial charge in [0.1, 0.15) is 6.04 Å². The first-order chi connectivity index (χ1) is 25.6. The molecule has 3 aliphatic rings. The Hall–Kier alpha value is -4.03. The highest BCUT2D eigenvalue weighted by Crippen LogP contribution is 2.43. The number of likely N-dealkylation sites (tertiary alicyclic amines) is 2. The van der Waals surface area contributed by atoms with E-state index in [-0.39, 0.29) is 23.2 Å². The van der Waals surface area contributed by atoms with Gasteiger partial charge in [-0.15, -0.1) is 0 Å². The quantitative estimate of drug-likeness (QED) is 0.226. The zero-order chi connectivity index (χ0) is 37.8. The van der Waals surface area contributed by atoms with Gasteiger partial charge in [0.25, 0.3) is 5.91 Å². The lowest BCUT2D eigenvalue weighted by Gasteiger charge is -2.43. The first-order valence-corrected chi connectivity index (χ1v) is 18.8. The average Bonchev–Trinajstić information content (AvgIpc) is 3.85. The van der Waals surface area contributed by atoms with Gasteiger partial charge >= 0.3 is 5.97 Å². The summed E-state index contributed by atoms with van der Waals surface area (Å²) in [6, 6.07) is 18.6. The van der Waals surface area contributed by atoms with E-state index in [0.29, 0.717) is 84.8 Å². The Morgan fingerprint density at radius 2 is 1.51 bits per heavy atom. The number of carbonyl (C=O) groups is 3. The summed E-state index contributed by atoms with van der Waals surface area (Å²) in [5, 5.41) is 2.70. The minimum atomic E-state index is -0.751. The molecule has 53 heavy (non-hydrogen) atoms. The van der Waals surface area contributed by atoms with Crippen LogP contribution in [0.1, 0.15) is 60.0 Å². The van der Waals surface area contributed by atoms with Gasteiger partial charge in [-0.3, -0.25) is 19.8 Å². The molecule has 3 fully saturated rings. The molecule has 3 aliphatic heterocycles. The van der Waals surface area contributed by atoms with E-state index < -0.39 is 11.5 Å². The number of amides is 2. The van der Waals surface area contributed by atoms with Crippen LogP contribution in [0.2, 0.25) is 10.0 Å². The SMILES string of the molecule is COC(=O)[C@@H]1CCCN1NC(=O)C1(c2ccccc2)CCN(CC[C@]2(c3ccc(Cl)c(Cl)c3)CCN(C(=O)c3cc(OC)c(OC)c(OC)c3)C2)CC1. The Morgan fingerprint density at radius 3 is 2.13 bits per heavy atom. The number of hydrazine groups is 1. The van der Waals surface area contributed by atoms with Crippen molar-refractivity contribution in [2.45, 2.75) is 55.4 Å². The third-order valence-corrected chi connectivity index (χ3v) is 12.2. The maximum Gasteiger partial charge on any atom is 0.324 e. The van der Waals surface area contributed by atoms with E-state index >= 15 is 0 Å². The van der Waals surface area contributed by atoms with Crippen LogP contribution in [0.4, 0.5) is 0 Å². The molecule has 3 saturated heterocycles. The molecule has 2 amide bonds. The van der Waals surface area contributed by atoms with Gasteiger partial charge in [-0.05, 0) is 93.6 Å². The van der Waals surface area contributed by atoms with Crippen LogP contribution >= 0.6 is 23.2 Å². The molecule has 2 atom stereocenters. The van der Waals surface area contributed by atoms with Crippen LogP contribution in [-0.2, 0) is 25.2 Å². The maximum atomic E-state index is 14.2. The van der Waals surface area contributed by atoms with Crippen LogP contribution in [0, 0.1) is 0 Å². The Kier molecular flexibility index (Phi) is 12.1. The fourth-order valence-electron chi connectivity index (χ4n) is 8.30. The van der Waals surface area contributed by atoms with Crippen LogP contribution in [0.3, 0.4) is 0 Å². The van der Waals surface area contributed by atoms with Crippen molar-refractivity contribution in [3.8, 4) is 17.2 Å². The monoisotopic (exact) mass is 766 g/mol. The van der Waals surface area contributed by atoms with Crippen molar-refractivity contribution in [1.82, 2.24) is 20.2 Å². The largest absolute Gasteiger partial charge is 0.493 e. The number of benzene rings is 3. The van der Waals surface area contributed by atoms with Crippen LogP contribution in [-0.4, -0.2) is 106 Å². The number of hydrogen-bond donors (Lipinski definition) is 1. The minimum Gasteiger partial charge on any atom is -0.493 e. The summed E-state index contributed by atoms with van der Waals surface area (Å²) in [7, 11) is 5.97. The smallest absolute Gasteiger partial charge is 0.324 e. The fraction of sp³-hybridized carbons (Fsp3) is 0.475. The van der Waals surface area contributed by atoms with Crippen LogP contribution in [0.15, 0.2) is 60.7 Å². The van der Waals surface area contributed by atoms with Gasteiger partial charge in [0.15, 0.2) is 11.5 Å². The first-order valence-electron chi connectivity index (χ1n) is 18.1. The summed E-state index contributed by atoms with van der Waals surface area (Å²) in [5.41, 5.74) is 4.44. The topological polar surface area (TPSA) is 110 Å². The van der Waals surface area contributed by atoms with E-state index in [1.54, 1.807) is 17.1 Å². The number of nitrogens with one attached hydrogen (secondary N) is 1. The van der Waals surface area contributed by atoms with Gasteiger partial charge in [0, 0.05) is 30.6 Å². The van der Waals surface area contributed by atoms with Gasteiger partial charge in [-0.2, -0.15) is 0 Å². The maximum absolute atomic E-state index is 14.2. The van der Waals surface area contributed by atoms with Crippen LogP contribution in [0.5, 0.6) is 17.2 Å². The second kappa shape index (κ2) is 16.5. The molecule has 0 aromatic heterocycles. The number of esters is 1. The lowest BCUT2D eigenvalue weighted by molar-refractivity contribution is -0.149. The summed E-state index contributed by atoms with van der Waals surface area (Å²) < 4.78 is 21.5. The van der Waals surface area contributed by atoms with Crippen molar-refractivity contribution in [2.24, 2.45) is 0 Å². The van der Waals surface area contributed by atoms with Gasteiger partial charge in [0.05, 0.1) is 43.9 Å². The summed E-state index contributed by atoms with van der Waals surface area (Å²) in [5.74, 6) is 0.699. The number of piperidine rings is 1. The molecule has 0 unspecified atom stereocenters. The number of ether oxygens (including phenoxy) is 4. The van der Waals surface area contributed by atoms with E-state index in [0.717, 1.165) is 36.9 Å². The van der Waals surface area contributed by atoms with E-state index in [4.69, 9.17) is 42.1 Å². The highest BCUT2D eigenvalue weighted by atomic mass is 35.5. The Labute approximate surface area is 321 Å². The fourth-order valence-corrected chi connectivity index (χ4v) is 8.59. The zero-order valence-corrected chi connectivity index (χ0v) is 32.3. The second-order valence-corrected chi connectivity index (χ2v) is 15.0. The van der Waals surface area contributed by atoms with Gasteiger partial charge in [-0.25, -0.2) is 5.01 Å². The summed E-state index contributed by atoms with van der Waals surface area (Å²) in [4.78, 5) is 45.0. The number of rotatable bonds is 12. The lowest BCUT2D eigenvalue weighted by atomic mass is 9.71. The van der Waals surface area contributed by atoms with E-state index in [2.05, 4.69) is 10.3 Å². The Bertz CT molecular complexity index is 1780. The molecule has 0 bridgehead atoms. The molecule has 0 spiro atoms. The van der Waals surface area contributed by atoms with E-state index in [1.807, 2.05) is 53.4 Å². The third-order valence-electron chi connectivity index (χ3n) is 11.4. The Balaban J connectivity index is 1.20. The normalized spacial score (nSPS) is 21.6. The molecule has 3 aromatic carbocycles. The number of methoxy groups -OCH3 is 4. The number of nitrogens with zero attached hydrogens (tertiary/aromatic N) is 3. The van der Waals surface area contributed by atoms with Crippen LogP contribution in [0.25, 0.3) is 0 Å². The van der Waals surface area contributed by atoms with Crippen molar-refractivity contribution >= 4 is 41.0 Å². The third kappa shape index (κ3) is 7.80. The van der Waals surface area contributed by atoms with Gasteiger partial charge < -0.3 is 28.7 Å². The van der Waals surface area contributed by atoms with Crippen molar-refractivity contribution in [3.05, 3.63) is 87.4 Å². The molecule has 0 radical (unpaired) electrons. The predicted molar refractivity (Wildman–Crippen MR) is 203 cm³/mol. The average molecular weight is 768 g/mol. The molecule has 11 nitrogen and oxygen atoms in total. The zero-order valence-electron chi connectivity index (χ0n) is 30.8. The Morgan fingerprint density at radius 1 is 0.811 bits per heavy atom. The van der Waals surface area contributed by atoms with Crippen molar-refractivity contribution in [3.63, 3.8) is 0 Å². The molecular weight excluding hydrogens is 719 g/mol. The van der Waals surface area contributed by atoms with Crippen molar-refractivity contribution in [2.75, 3.05) is 67.7 Å². The standard InChI is InChI=1S/C40H48Cl2N4O7/c1-50-33-23-27(24-34(51-2)35(33)52-3)36(47)45-22-15-39(26-45,29-12-13-30(41)31(42)25-29)14-19-44-20-16-40(17-21-44,28-9-6-5-7-10-28)38(49)43-46-18-8-11-32(46)37(48)53-4/h5-7,9-10,12-13,23-25,32H,8,11,14-22,26H2,1-4H3,(H,43,49)/t32-,39-/m0/s1. The van der Waals surface area contributed by atoms with Crippen LogP contribution < -0.4 is 19.6 Å².